The Balaban J connectivity index is 2.84. The molecule has 0 bridgehead atoms. The SMILES string of the molecule is CCCCCC(=O)OC1=CC(C)(C)C(S(=O)(=O)O)C(C)=C1. The van der Waals surface area contributed by atoms with Crippen LogP contribution in [0.2, 0.25) is 0 Å². The van der Waals surface area contributed by atoms with Crippen LogP contribution in [0.15, 0.2) is 23.5 Å². The molecular weight excluding hydrogens is 292 g/mol. The molecule has 0 spiro atoms. The zero-order valence-electron chi connectivity index (χ0n) is 13.0. The van der Waals surface area contributed by atoms with Gasteiger partial charge in [0.25, 0.3) is 10.1 Å². The van der Waals surface area contributed by atoms with Crippen LogP contribution in [0.5, 0.6) is 0 Å². The molecule has 0 radical (unpaired) electrons. The summed E-state index contributed by atoms with van der Waals surface area (Å²) in [6.07, 6.45) is 6.21. The molecule has 21 heavy (non-hydrogen) atoms. The van der Waals surface area contributed by atoms with Crippen molar-refractivity contribution in [1.82, 2.24) is 0 Å². The average Bonchev–Trinajstić information content (AvgIpc) is 2.24. The molecule has 120 valence electrons. The summed E-state index contributed by atoms with van der Waals surface area (Å²) in [5.74, 6) is 0.0266. The Labute approximate surface area is 126 Å². The second-order valence-electron chi connectivity index (χ2n) is 6.08. The molecule has 0 saturated carbocycles. The third-order valence-electron chi connectivity index (χ3n) is 3.49. The van der Waals surface area contributed by atoms with Crippen molar-refractivity contribution in [3.05, 3.63) is 23.5 Å². The zero-order chi connectivity index (χ0) is 16.3. The highest BCUT2D eigenvalue weighted by Crippen LogP contribution is 2.38. The molecule has 1 N–H and O–H groups in total. The van der Waals surface area contributed by atoms with E-state index in [1.54, 1.807) is 26.8 Å². The number of unbranched alkanes of at least 4 members (excludes halogenated alkanes) is 2. The van der Waals surface area contributed by atoms with Crippen molar-refractivity contribution in [1.29, 1.82) is 0 Å². The van der Waals surface area contributed by atoms with E-state index in [1.807, 2.05) is 0 Å². The van der Waals surface area contributed by atoms with Gasteiger partial charge < -0.3 is 4.74 Å². The molecule has 0 aliphatic heterocycles. The maximum atomic E-state index is 11.7. The van der Waals surface area contributed by atoms with Crippen LogP contribution in [0.4, 0.5) is 0 Å². The zero-order valence-corrected chi connectivity index (χ0v) is 13.9. The molecule has 1 aliphatic rings. The smallest absolute Gasteiger partial charge is 0.311 e. The lowest BCUT2D eigenvalue weighted by molar-refractivity contribution is -0.139. The molecule has 1 rings (SSSR count). The monoisotopic (exact) mass is 316 g/mol. The normalized spacial score (nSPS) is 21.5. The predicted octanol–water partition coefficient (Wildman–Crippen LogP) is 3.24. The van der Waals surface area contributed by atoms with E-state index in [1.165, 1.54) is 6.08 Å². The van der Waals surface area contributed by atoms with Crippen molar-refractivity contribution in [3.8, 4) is 0 Å². The third kappa shape index (κ3) is 4.97. The standard InChI is InChI=1S/C15H24O5S/c1-5-6-7-8-13(16)20-12-9-11(2)14(21(17,18)19)15(3,4)10-12/h9-10,14H,5-8H2,1-4H3,(H,17,18,19). The number of hydrogen-bond acceptors (Lipinski definition) is 4. The van der Waals surface area contributed by atoms with Crippen LogP contribution >= 0.6 is 0 Å². The van der Waals surface area contributed by atoms with Crippen LogP contribution in [0, 0.1) is 5.41 Å². The first kappa shape index (κ1) is 17.9. The number of carbonyl (C=O) groups is 1. The fourth-order valence-electron chi connectivity index (χ4n) is 2.75. The molecule has 0 fully saturated rings. The number of allylic oxidation sites excluding steroid dienone is 2. The van der Waals surface area contributed by atoms with Gasteiger partial charge in [-0.2, -0.15) is 8.42 Å². The molecule has 1 unspecified atom stereocenters. The van der Waals surface area contributed by atoms with Crippen LogP contribution in [0.25, 0.3) is 0 Å². The maximum absolute atomic E-state index is 11.7. The summed E-state index contributed by atoms with van der Waals surface area (Å²) in [6.45, 7) is 7.04. The summed E-state index contributed by atoms with van der Waals surface area (Å²) in [7, 11) is -4.21. The quantitative estimate of drug-likeness (QED) is 0.462. The topological polar surface area (TPSA) is 80.7 Å². The minimum absolute atomic E-state index is 0.320. The number of ether oxygens (including phenoxy) is 1. The fraction of sp³-hybridized carbons (Fsp3) is 0.667. The predicted molar refractivity (Wildman–Crippen MR) is 81.2 cm³/mol. The highest BCUT2D eigenvalue weighted by Gasteiger charge is 2.41. The minimum atomic E-state index is -4.21. The Morgan fingerprint density at radius 2 is 2.00 bits per heavy atom. The molecule has 6 heteroatoms. The molecule has 0 aromatic rings. The van der Waals surface area contributed by atoms with Gasteiger partial charge in [0.15, 0.2) is 0 Å². The Bertz CT molecular complexity index is 555. The third-order valence-corrected chi connectivity index (χ3v) is 5.06. The number of hydrogen-bond donors (Lipinski definition) is 1. The minimum Gasteiger partial charge on any atom is -0.427 e. The van der Waals surface area contributed by atoms with Crippen molar-refractivity contribution in [3.63, 3.8) is 0 Å². The average molecular weight is 316 g/mol. The molecular formula is C15H24O5S. The van der Waals surface area contributed by atoms with Crippen LogP contribution in [0.1, 0.15) is 53.4 Å². The Morgan fingerprint density at radius 1 is 1.38 bits per heavy atom. The van der Waals surface area contributed by atoms with Gasteiger partial charge in [-0.1, -0.05) is 33.6 Å². The Morgan fingerprint density at radius 3 is 2.48 bits per heavy atom. The second kappa shape index (κ2) is 6.75. The van der Waals surface area contributed by atoms with E-state index in [-0.39, 0.29) is 5.97 Å². The van der Waals surface area contributed by atoms with Gasteiger partial charge in [-0.25, -0.2) is 0 Å². The van der Waals surface area contributed by atoms with Gasteiger partial charge in [0.05, 0.1) is 0 Å². The summed E-state index contributed by atoms with van der Waals surface area (Å²) in [6, 6.07) is 0. The maximum Gasteiger partial charge on any atom is 0.311 e. The van der Waals surface area contributed by atoms with E-state index >= 15 is 0 Å². The lowest BCUT2D eigenvalue weighted by atomic mass is 9.81. The number of rotatable bonds is 6. The van der Waals surface area contributed by atoms with Gasteiger partial charge in [-0.05, 0) is 31.1 Å². The summed E-state index contributed by atoms with van der Waals surface area (Å²) in [5, 5.41) is -1.02. The molecule has 0 saturated heterocycles. The van der Waals surface area contributed by atoms with Crippen LogP contribution in [-0.2, 0) is 19.6 Å². The number of esters is 1. The van der Waals surface area contributed by atoms with E-state index in [4.69, 9.17) is 4.74 Å². The van der Waals surface area contributed by atoms with E-state index in [9.17, 15) is 17.8 Å². The van der Waals surface area contributed by atoms with Gasteiger partial charge in [0, 0.05) is 11.8 Å². The van der Waals surface area contributed by atoms with Crippen LogP contribution in [-0.4, -0.2) is 24.2 Å². The first-order chi connectivity index (χ1) is 9.58. The molecule has 5 nitrogen and oxygen atoms in total. The summed E-state index contributed by atoms with van der Waals surface area (Å²) in [4.78, 5) is 11.7. The van der Waals surface area contributed by atoms with E-state index < -0.39 is 20.8 Å². The van der Waals surface area contributed by atoms with E-state index in [0.29, 0.717) is 17.8 Å². The molecule has 0 heterocycles. The Hall–Kier alpha value is -1.14. The van der Waals surface area contributed by atoms with Crippen molar-refractivity contribution in [2.45, 2.75) is 58.6 Å². The van der Waals surface area contributed by atoms with Gasteiger partial charge in [-0.3, -0.25) is 9.35 Å². The lowest BCUT2D eigenvalue weighted by Gasteiger charge is -2.33. The van der Waals surface area contributed by atoms with Gasteiger partial charge in [-0.15, -0.1) is 0 Å². The summed E-state index contributed by atoms with van der Waals surface area (Å²) in [5.41, 5.74) is -0.382. The molecule has 0 amide bonds. The molecule has 1 atom stereocenters. The largest absolute Gasteiger partial charge is 0.427 e. The van der Waals surface area contributed by atoms with Crippen LogP contribution in [0.3, 0.4) is 0 Å². The summed E-state index contributed by atoms with van der Waals surface area (Å²) < 4.78 is 37.6. The van der Waals surface area contributed by atoms with Gasteiger partial charge in [0.2, 0.25) is 0 Å². The van der Waals surface area contributed by atoms with Crippen molar-refractivity contribution >= 4 is 16.1 Å². The Kier molecular flexibility index (Phi) is 5.75. The second-order valence-corrected chi connectivity index (χ2v) is 7.58. The molecule has 0 aromatic carbocycles. The molecule has 1 aliphatic carbocycles. The van der Waals surface area contributed by atoms with E-state index in [2.05, 4.69) is 6.92 Å². The van der Waals surface area contributed by atoms with Gasteiger partial charge in [0.1, 0.15) is 11.0 Å². The van der Waals surface area contributed by atoms with Gasteiger partial charge >= 0.3 is 5.97 Å². The van der Waals surface area contributed by atoms with Crippen LogP contribution < -0.4 is 0 Å². The first-order valence-electron chi connectivity index (χ1n) is 7.16. The van der Waals surface area contributed by atoms with Crippen molar-refractivity contribution in [2.24, 2.45) is 5.41 Å². The highest BCUT2D eigenvalue weighted by molar-refractivity contribution is 7.86. The van der Waals surface area contributed by atoms with E-state index in [0.717, 1.165) is 19.3 Å². The molecule has 0 aromatic heterocycles. The van der Waals surface area contributed by atoms with Crippen molar-refractivity contribution < 1.29 is 22.5 Å². The fourth-order valence-corrected chi connectivity index (χ4v) is 4.12. The van der Waals surface area contributed by atoms with Crippen molar-refractivity contribution in [2.75, 3.05) is 0 Å². The first-order valence-corrected chi connectivity index (χ1v) is 8.66. The lowest BCUT2D eigenvalue weighted by Crippen LogP contribution is -2.38. The summed E-state index contributed by atoms with van der Waals surface area (Å²) >= 11 is 0. The highest BCUT2D eigenvalue weighted by atomic mass is 32.2. The number of carbonyl (C=O) groups excluding carboxylic acids is 1.